The fourth-order valence-electron chi connectivity index (χ4n) is 4.66. The maximum Gasteiger partial charge on any atom is 0.251 e. The van der Waals surface area contributed by atoms with E-state index in [1.807, 2.05) is 61.5 Å². The summed E-state index contributed by atoms with van der Waals surface area (Å²) < 4.78 is 0. The third-order valence-electron chi connectivity index (χ3n) is 6.84. The fourth-order valence-corrected chi connectivity index (χ4v) is 6.24. The molecule has 1 aliphatic heterocycles. The first kappa shape index (κ1) is 26.9. The van der Waals surface area contributed by atoms with E-state index >= 15 is 0 Å². The van der Waals surface area contributed by atoms with Gasteiger partial charge in [-0.2, -0.15) is 0 Å². The van der Waals surface area contributed by atoms with Gasteiger partial charge in [0.2, 0.25) is 0 Å². The first-order chi connectivity index (χ1) is 20.1. The van der Waals surface area contributed by atoms with E-state index in [1.54, 1.807) is 11.3 Å². The molecule has 1 fully saturated rings. The zero-order valence-corrected chi connectivity index (χ0v) is 24.6. The summed E-state index contributed by atoms with van der Waals surface area (Å²) in [7, 11) is 0. The van der Waals surface area contributed by atoms with Gasteiger partial charge < -0.3 is 10.2 Å². The predicted octanol–water partition coefficient (Wildman–Crippen LogP) is 9.98. The Bertz CT molecular complexity index is 1680. The molecule has 206 valence electrons. The van der Waals surface area contributed by atoms with E-state index < -0.39 is 0 Å². The Hall–Kier alpha value is -4.28. The average Bonchev–Trinajstić information content (AvgIpc) is 3.76. The third kappa shape index (κ3) is 6.90. The van der Waals surface area contributed by atoms with Crippen LogP contribution in [-0.4, -0.2) is 23.3 Å². The summed E-state index contributed by atoms with van der Waals surface area (Å²) in [5.74, 6) is 0. The Morgan fingerprint density at radius 2 is 1.63 bits per heavy atom. The highest BCUT2D eigenvalue weighted by molar-refractivity contribution is 7.19. The molecule has 0 bridgehead atoms. The molecule has 0 unspecified atom stereocenters. The Balaban J connectivity index is 1.07. The monoisotopic (exact) mass is 578 g/mol. The highest BCUT2D eigenvalue weighted by Gasteiger charge is 2.14. The molecular formula is C31H30N8S2. The molecule has 41 heavy (non-hydrogen) atoms. The standard InChI is InChI=1S/C31H30N8S2/c1-21-19-25(33-35-28-14-15-30(40-28)39-16-6-7-17-39)11-12-26(21)32-24-10-13-27(22(2)18-24)34-37-31-38-36-29(41-31)20-23-8-4-3-5-9-23/h3-5,8-15,18-19,32H,6-7,16-17,20H2,1-2H3/b35-33+,37-34+. The van der Waals surface area contributed by atoms with Crippen LogP contribution in [0.2, 0.25) is 0 Å². The molecule has 0 amide bonds. The van der Waals surface area contributed by atoms with Gasteiger partial charge in [-0.1, -0.05) is 53.0 Å². The van der Waals surface area contributed by atoms with Crippen LogP contribution in [0.5, 0.6) is 0 Å². The van der Waals surface area contributed by atoms with Crippen LogP contribution in [0.1, 0.15) is 34.5 Å². The second-order valence-electron chi connectivity index (χ2n) is 9.97. The maximum absolute atomic E-state index is 4.48. The molecular weight excluding hydrogens is 549 g/mol. The number of rotatable bonds is 9. The number of hydrogen-bond acceptors (Lipinski definition) is 10. The van der Waals surface area contributed by atoms with E-state index in [2.05, 4.69) is 72.1 Å². The first-order valence-electron chi connectivity index (χ1n) is 13.6. The topological polar surface area (TPSA) is 90.5 Å². The number of aryl methyl sites for hydroxylation is 2. The molecule has 5 aromatic rings. The molecule has 2 aromatic heterocycles. The number of anilines is 3. The number of nitrogens with one attached hydrogen (secondary N) is 1. The molecule has 1 saturated heterocycles. The zero-order valence-electron chi connectivity index (χ0n) is 23.0. The van der Waals surface area contributed by atoms with Crippen LogP contribution in [0, 0.1) is 13.8 Å². The predicted molar refractivity (Wildman–Crippen MR) is 169 cm³/mol. The Kier molecular flexibility index (Phi) is 8.20. The van der Waals surface area contributed by atoms with Crippen molar-refractivity contribution in [1.82, 2.24) is 10.2 Å². The van der Waals surface area contributed by atoms with Gasteiger partial charge in [0.1, 0.15) is 10.0 Å². The molecule has 6 rings (SSSR count). The molecule has 3 heterocycles. The van der Waals surface area contributed by atoms with Gasteiger partial charge in [0, 0.05) is 30.9 Å². The smallest absolute Gasteiger partial charge is 0.251 e. The molecule has 3 aromatic carbocycles. The maximum atomic E-state index is 4.48. The minimum atomic E-state index is 0.552. The van der Waals surface area contributed by atoms with E-state index in [1.165, 1.54) is 34.7 Å². The summed E-state index contributed by atoms with van der Waals surface area (Å²) in [4.78, 5) is 2.42. The minimum absolute atomic E-state index is 0.552. The average molecular weight is 579 g/mol. The van der Waals surface area contributed by atoms with E-state index in [9.17, 15) is 0 Å². The summed E-state index contributed by atoms with van der Waals surface area (Å²) in [5.41, 5.74) is 6.93. The summed E-state index contributed by atoms with van der Waals surface area (Å²) in [6.07, 6.45) is 3.28. The van der Waals surface area contributed by atoms with Gasteiger partial charge in [-0.05, 0) is 91.9 Å². The lowest BCUT2D eigenvalue weighted by molar-refractivity contribution is 0.949. The highest BCUT2D eigenvalue weighted by Crippen LogP contribution is 2.35. The third-order valence-corrected chi connectivity index (χ3v) is 8.68. The summed E-state index contributed by atoms with van der Waals surface area (Å²) in [5, 5.41) is 33.3. The van der Waals surface area contributed by atoms with Crippen LogP contribution < -0.4 is 10.2 Å². The number of hydrogen-bond donors (Lipinski definition) is 1. The fraction of sp³-hybridized carbons (Fsp3) is 0.226. The molecule has 0 atom stereocenters. The molecule has 0 spiro atoms. The van der Waals surface area contributed by atoms with E-state index in [0.717, 1.165) is 63.4 Å². The second-order valence-corrected chi connectivity index (χ2v) is 12.1. The quantitative estimate of drug-likeness (QED) is 0.176. The van der Waals surface area contributed by atoms with Gasteiger partial charge in [-0.3, -0.25) is 0 Å². The van der Waals surface area contributed by atoms with Crippen molar-refractivity contribution >= 4 is 60.6 Å². The van der Waals surface area contributed by atoms with Crippen LogP contribution in [0.4, 0.5) is 37.9 Å². The summed E-state index contributed by atoms with van der Waals surface area (Å²) in [6, 6.07) is 26.5. The van der Waals surface area contributed by atoms with Crippen molar-refractivity contribution in [2.75, 3.05) is 23.3 Å². The number of nitrogens with zero attached hydrogens (tertiary/aromatic N) is 7. The number of aromatic nitrogens is 2. The van der Waals surface area contributed by atoms with Gasteiger partial charge in [-0.15, -0.1) is 30.7 Å². The van der Waals surface area contributed by atoms with Crippen molar-refractivity contribution in [1.29, 1.82) is 0 Å². The Morgan fingerprint density at radius 3 is 2.44 bits per heavy atom. The van der Waals surface area contributed by atoms with Gasteiger partial charge in [0.25, 0.3) is 5.13 Å². The van der Waals surface area contributed by atoms with Crippen LogP contribution in [-0.2, 0) is 6.42 Å². The summed E-state index contributed by atoms with van der Waals surface area (Å²) >= 11 is 3.15. The van der Waals surface area contributed by atoms with Gasteiger partial charge in [-0.25, -0.2) is 0 Å². The molecule has 10 heteroatoms. The van der Waals surface area contributed by atoms with Crippen molar-refractivity contribution in [3.8, 4) is 0 Å². The normalized spacial score (nSPS) is 13.6. The number of azo groups is 2. The van der Waals surface area contributed by atoms with E-state index in [4.69, 9.17) is 0 Å². The van der Waals surface area contributed by atoms with Gasteiger partial charge in [0.05, 0.1) is 16.4 Å². The van der Waals surface area contributed by atoms with Gasteiger partial charge in [0.15, 0.2) is 0 Å². The number of benzene rings is 3. The van der Waals surface area contributed by atoms with Gasteiger partial charge >= 0.3 is 0 Å². The van der Waals surface area contributed by atoms with E-state index in [-0.39, 0.29) is 0 Å². The van der Waals surface area contributed by atoms with Crippen molar-refractivity contribution < 1.29 is 0 Å². The minimum Gasteiger partial charge on any atom is -0.363 e. The SMILES string of the molecule is Cc1cc(Nc2ccc(/N=N/c3ccc(N4CCCC4)s3)cc2C)ccc1/N=N/c1nnc(Cc2ccccc2)s1. The van der Waals surface area contributed by atoms with Crippen LogP contribution in [0.15, 0.2) is 99.3 Å². The molecule has 1 N–H and O–H groups in total. The molecule has 0 saturated carbocycles. The van der Waals surface area contributed by atoms with E-state index in [0.29, 0.717) is 5.13 Å². The highest BCUT2D eigenvalue weighted by atomic mass is 32.1. The Labute approximate surface area is 247 Å². The van der Waals surface area contributed by atoms with Crippen LogP contribution in [0.25, 0.3) is 0 Å². The van der Waals surface area contributed by atoms with Crippen molar-refractivity contribution in [2.45, 2.75) is 33.1 Å². The van der Waals surface area contributed by atoms with Crippen LogP contribution in [0.3, 0.4) is 0 Å². The Morgan fingerprint density at radius 1 is 0.780 bits per heavy atom. The number of thiophene rings is 1. The second kappa shape index (κ2) is 12.5. The first-order valence-corrected chi connectivity index (χ1v) is 15.3. The van der Waals surface area contributed by atoms with Crippen molar-refractivity contribution in [3.63, 3.8) is 0 Å². The van der Waals surface area contributed by atoms with Crippen molar-refractivity contribution in [2.24, 2.45) is 20.5 Å². The summed E-state index contributed by atoms with van der Waals surface area (Å²) in [6.45, 7) is 6.37. The molecule has 1 aliphatic rings. The van der Waals surface area contributed by atoms with Crippen molar-refractivity contribution in [3.05, 3.63) is 101 Å². The van der Waals surface area contributed by atoms with Crippen LogP contribution >= 0.6 is 22.7 Å². The largest absolute Gasteiger partial charge is 0.363 e. The molecule has 0 radical (unpaired) electrons. The lowest BCUT2D eigenvalue weighted by Gasteiger charge is -2.13. The molecule has 0 aliphatic carbocycles. The lowest BCUT2D eigenvalue weighted by Crippen LogP contribution is -2.15. The molecule has 8 nitrogen and oxygen atoms in total. The zero-order chi connectivity index (χ0) is 28.0. The lowest BCUT2D eigenvalue weighted by atomic mass is 10.1.